The van der Waals surface area contributed by atoms with Gasteiger partial charge in [0.05, 0.1) is 36.5 Å². The number of nitrogens with one attached hydrogen (secondary N) is 2. The van der Waals surface area contributed by atoms with E-state index in [2.05, 4.69) is 35.0 Å². The molecular formula is C26H26N12Na2O11S2. The third-order valence-electron chi connectivity index (χ3n) is 7.17. The van der Waals surface area contributed by atoms with Gasteiger partial charge in [-0.15, -0.1) is 20.8 Å². The van der Waals surface area contributed by atoms with Crippen molar-refractivity contribution < 1.29 is 102 Å². The SMILES string of the molecule is Cc1cc(Cn2c(-c3cc(=O)c(O)c[nH]3)nn(S(=O)(=O)N=C([O-])N3C[C@H](NC(=O)/C(=N\OC(C)(C)C(=O)[O-])c4csc(N)n4)C3=O)c2=O)nn1C.[Na+].[Na+]. The summed E-state index contributed by atoms with van der Waals surface area (Å²) in [7, 11) is -3.65. The van der Waals surface area contributed by atoms with E-state index >= 15 is 0 Å². The van der Waals surface area contributed by atoms with Gasteiger partial charge in [0.2, 0.25) is 5.43 Å². The number of anilines is 1. The van der Waals surface area contributed by atoms with Crippen LogP contribution in [-0.2, 0) is 43.0 Å². The normalized spacial score (nSPS) is 14.9. The second kappa shape index (κ2) is 16.3. The van der Waals surface area contributed by atoms with E-state index in [1.54, 1.807) is 20.0 Å². The maximum atomic E-state index is 13.4. The van der Waals surface area contributed by atoms with E-state index in [4.69, 9.17) is 10.6 Å². The zero-order chi connectivity index (χ0) is 37.6. The van der Waals surface area contributed by atoms with Gasteiger partial charge in [0, 0.05) is 30.4 Å². The van der Waals surface area contributed by atoms with Crippen LogP contribution in [-0.4, -0.2) is 99.6 Å². The zero-order valence-electron chi connectivity index (χ0n) is 28.7. The van der Waals surface area contributed by atoms with Crippen LogP contribution in [0.1, 0.15) is 30.9 Å². The molecule has 1 atom stereocenters. The number of rotatable bonds is 11. The average Bonchev–Trinajstić information content (AvgIpc) is 3.72. The monoisotopic (exact) mass is 792 g/mol. The summed E-state index contributed by atoms with van der Waals surface area (Å²) in [4.78, 5) is 74.4. The number of hydrogen-bond donors (Lipinski definition) is 4. The van der Waals surface area contributed by atoms with Crippen LogP contribution in [0.25, 0.3) is 11.5 Å². The van der Waals surface area contributed by atoms with Crippen LogP contribution in [0.4, 0.5) is 5.13 Å². The number of nitrogens with zero attached hydrogens (tertiary/aromatic N) is 9. The number of pyridine rings is 1. The number of amidine groups is 1. The molecule has 2 amide bonds. The van der Waals surface area contributed by atoms with E-state index in [9.17, 15) is 47.7 Å². The summed E-state index contributed by atoms with van der Waals surface area (Å²) in [5.74, 6) is -4.93. The molecule has 1 fully saturated rings. The molecule has 23 nitrogen and oxygen atoms in total. The van der Waals surface area contributed by atoms with Crippen LogP contribution in [0.5, 0.6) is 5.75 Å². The van der Waals surface area contributed by atoms with Crippen molar-refractivity contribution >= 4 is 56.2 Å². The molecular weight excluding hydrogens is 766 g/mol. The Morgan fingerprint density at radius 2 is 1.89 bits per heavy atom. The summed E-state index contributed by atoms with van der Waals surface area (Å²) in [5, 5.41) is 48.9. The number of carboxylic acids is 1. The van der Waals surface area contributed by atoms with Gasteiger partial charge in [0.15, 0.2) is 28.0 Å². The van der Waals surface area contributed by atoms with Crippen LogP contribution in [0.15, 0.2) is 42.9 Å². The molecule has 0 radical (unpaired) electrons. The van der Waals surface area contributed by atoms with Crippen LogP contribution in [0.3, 0.4) is 0 Å². The molecule has 5 N–H and O–H groups in total. The predicted molar refractivity (Wildman–Crippen MR) is 170 cm³/mol. The van der Waals surface area contributed by atoms with Gasteiger partial charge in [0.25, 0.3) is 11.8 Å². The topological polar surface area (TPSA) is 330 Å². The minimum absolute atomic E-state index is 0. The number of likely N-dealkylation sites (tertiary alicyclic amines) is 1. The van der Waals surface area contributed by atoms with E-state index in [0.717, 1.165) is 42.0 Å². The number of aromatic nitrogens is 7. The van der Waals surface area contributed by atoms with Gasteiger partial charge in [-0.2, -0.15) is 13.5 Å². The Hall–Kier alpha value is -4.37. The maximum Gasteiger partial charge on any atom is 1.00 e. The Kier molecular flexibility index (Phi) is 13.3. The van der Waals surface area contributed by atoms with E-state index in [0.29, 0.717) is 16.3 Å². The number of nitrogens with two attached hydrogens (primary N) is 1. The fraction of sp³-hybridized carbons (Fsp3) is 0.308. The number of H-pyrrole nitrogens is 1. The van der Waals surface area contributed by atoms with Gasteiger partial charge in [0.1, 0.15) is 11.7 Å². The van der Waals surface area contributed by atoms with Gasteiger partial charge >= 0.3 is 75.0 Å². The quantitative estimate of drug-likeness (QED) is 0.0360. The van der Waals surface area contributed by atoms with Gasteiger partial charge in [-0.25, -0.2) is 9.78 Å². The maximum absolute atomic E-state index is 13.4. The number of amides is 2. The van der Waals surface area contributed by atoms with E-state index in [-0.39, 0.29) is 86.3 Å². The van der Waals surface area contributed by atoms with Gasteiger partial charge in [-0.05, 0) is 26.8 Å². The van der Waals surface area contributed by atoms with E-state index in [1.165, 1.54) is 10.1 Å². The van der Waals surface area contributed by atoms with Crippen LogP contribution in [0, 0.1) is 6.92 Å². The Labute approximate surface area is 345 Å². The number of oxime groups is 1. The second-order valence-corrected chi connectivity index (χ2v) is 13.6. The van der Waals surface area contributed by atoms with Gasteiger partial charge in [-0.3, -0.25) is 23.6 Å². The molecule has 1 saturated heterocycles. The number of aryl methyl sites for hydroxylation is 2. The minimum Gasteiger partial charge on any atom is -0.845 e. The molecule has 5 heterocycles. The third-order valence-corrected chi connectivity index (χ3v) is 8.90. The number of carbonyl (C=O) groups excluding carboxylic acids is 3. The summed E-state index contributed by atoms with van der Waals surface area (Å²) in [5.41, 5.74) is 1.52. The van der Waals surface area contributed by atoms with Crippen LogP contribution in [0.2, 0.25) is 0 Å². The van der Waals surface area contributed by atoms with Crippen molar-refractivity contribution in [2.75, 3.05) is 12.3 Å². The number of β-lactam (4-membered cyclic amide) rings is 1. The van der Waals surface area contributed by atoms with Crippen molar-refractivity contribution in [2.45, 2.75) is 39.0 Å². The van der Waals surface area contributed by atoms with Crippen molar-refractivity contribution in [2.24, 2.45) is 16.6 Å². The average molecular weight is 793 g/mol. The summed E-state index contributed by atoms with van der Waals surface area (Å²) in [6.07, 6.45) is 0.895. The van der Waals surface area contributed by atoms with Crippen molar-refractivity contribution in [3.63, 3.8) is 0 Å². The molecule has 53 heavy (non-hydrogen) atoms. The molecule has 1 aliphatic rings. The molecule has 270 valence electrons. The first-order valence-electron chi connectivity index (χ1n) is 14.2. The Morgan fingerprint density at radius 1 is 1.21 bits per heavy atom. The second-order valence-electron chi connectivity index (χ2n) is 11.3. The number of thiazole rings is 1. The van der Waals surface area contributed by atoms with E-state index in [1.807, 2.05) is 0 Å². The smallest absolute Gasteiger partial charge is 0.845 e. The molecule has 0 bridgehead atoms. The molecule has 5 rings (SSSR count). The predicted octanol–water partition coefficient (Wildman–Crippen LogP) is -10.7. The molecule has 0 spiro atoms. The Balaban J connectivity index is 0.00000378. The first-order chi connectivity index (χ1) is 23.8. The summed E-state index contributed by atoms with van der Waals surface area (Å²) in [6.45, 7) is 3.00. The van der Waals surface area contributed by atoms with Gasteiger partial charge < -0.3 is 45.9 Å². The van der Waals surface area contributed by atoms with Gasteiger partial charge in [-0.1, -0.05) is 9.24 Å². The molecule has 0 saturated carbocycles. The van der Waals surface area contributed by atoms with Crippen molar-refractivity contribution in [1.82, 2.24) is 43.7 Å². The molecule has 27 heteroatoms. The number of aromatic hydroxyl groups is 1. The van der Waals surface area contributed by atoms with Crippen LogP contribution < -0.4 is 91.5 Å². The molecule has 4 aromatic heterocycles. The zero-order valence-corrected chi connectivity index (χ0v) is 34.4. The first kappa shape index (κ1) is 43.0. The largest absolute Gasteiger partial charge is 1.00 e. The first-order valence-corrected chi connectivity index (χ1v) is 16.5. The van der Waals surface area contributed by atoms with Crippen molar-refractivity contribution in [3.05, 3.63) is 61.5 Å². The molecule has 0 unspecified atom stereocenters. The third kappa shape index (κ3) is 9.06. The number of carboxylic acid groups (broad SMARTS) is 1. The number of aliphatic carboxylic acids is 1. The van der Waals surface area contributed by atoms with E-state index < -0.39 is 80.6 Å². The van der Waals surface area contributed by atoms with Crippen molar-refractivity contribution in [1.29, 1.82) is 0 Å². The molecule has 0 aliphatic carbocycles. The molecule has 1 aliphatic heterocycles. The van der Waals surface area contributed by atoms with Crippen LogP contribution >= 0.6 is 11.3 Å². The standard InChI is InChI=1S/C26H28N12O11S2.2Na/c1-11-5-12(31-35(11)4)8-36-19(13-6-16(39)17(40)7-28-13)32-38(25(36)46)51(47,48)34-24(45)37-9-14(21(37)42)29-20(41)18(15-10-50-23(27)30-15)33-49-26(2,3)22(43)44;;/h5-7,10,14,40H,8-9H2,1-4H3,(H2,27,30)(H,28,39)(H,29,41)(H,34,45)(H,43,44);;/q;2*+1/p-2/b33-18-;;/t14-;;/m0../s1. The number of aromatic amines is 1. The number of carbonyl (C=O) groups is 3. The van der Waals surface area contributed by atoms with Crippen molar-refractivity contribution in [3.8, 4) is 17.3 Å². The fourth-order valence-corrected chi connectivity index (χ4v) is 5.65. The summed E-state index contributed by atoms with van der Waals surface area (Å²) >= 11 is 0.913. The summed E-state index contributed by atoms with van der Waals surface area (Å²) in [6, 6.07) is -0.578. The molecule has 0 aromatic carbocycles. The Morgan fingerprint density at radius 3 is 2.43 bits per heavy atom. The number of hydrogen-bond acceptors (Lipinski definition) is 17. The Bertz CT molecular complexity index is 2360. The molecule has 4 aromatic rings. The fourth-order valence-electron chi connectivity index (χ4n) is 4.25. The summed E-state index contributed by atoms with van der Waals surface area (Å²) < 4.78 is 31.7. The minimum atomic E-state index is -5.28. The number of nitrogen functional groups attached to an aromatic ring is 1.